The van der Waals surface area contributed by atoms with Gasteiger partial charge >= 0.3 is 0 Å². The van der Waals surface area contributed by atoms with Crippen LogP contribution in [0.1, 0.15) is 22.8 Å². The Hall–Kier alpha value is -2.82. The lowest BCUT2D eigenvalue weighted by Gasteiger charge is -2.12. The minimum absolute atomic E-state index is 0.0393. The summed E-state index contributed by atoms with van der Waals surface area (Å²) in [6.07, 6.45) is 0.342. The molecule has 0 aliphatic rings. The van der Waals surface area contributed by atoms with E-state index in [-0.39, 0.29) is 11.8 Å². The van der Waals surface area contributed by atoms with Gasteiger partial charge in [-0.3, -0.25) is 9.59 Å². The Bertz CT molecular complexity index is 709. The first-order chi connectivity index (χ1) is 11.5. The summed E-state index contributed by atoms with van der Waals surface area (Å²) in [7, 11) is 3.46. The number of benzene rings is 2. The lowest BCUT2D eigenvalue weighted by molar-refractivity contribution is -0.127. The maximum absolute atomic E-state index is 12.4. The first kappa shape index (κ1) is 17.5. The van der Waals surface area contributed by atoms with Crippen LogP contribution in [0.2, 0.25) is 0 Å². The van der Waals surface area contributed by atoms with E-state index >= 15 is 0 Å². The molecule has 0 aliphatic heterocycles. The van der Waals surface area contributed by atoms with Crippen molar-refractivity contribution in [2.75, 3.05) is 26.0 Å². The summed E-state index contributed by atoms with van der Waals surface area (Å²) < 4.78 is 5.48. The Balaban J connectivity index is 2.06. The summed E-state index contributed by atoms with van der Waals surface area (Å²) in [5.74, 6) is 0.374. The van der Waals surface area contributed by atoms with Gasteiger partial charge in [0.25, 0.3) is 5.91 Å². The predicted octanol–water partition coefficient (Wildman–Crippen LogP) is 2.97. The zero-order chi connectivity index (χ0) is 17.5. The lowest BCUT2D eigenvalue weighted by Crippen LogP contribution is -2.23. The summed E-state index contributed by atoms with van der Waals surface area (Å²) in [6.45, 7) is 2.38. The summed E-state index contributed by atoms with van der Waals surface area (Å²) in [5, 5.41) is 2.85. The highest BCUT2D eigenvalue weighted by Crippen LogP contribution is 2.20. The third-order valence-electron chi connectivity index (χ3n) is 3.50. The Morgan fingerprint density at radius 1 is 1.04 bits per heavy atom. The zero-order valence-electron chi connectivity index (χ0n) is 14.2. The van der Waals surface area contributed by atoms with E-state index in [0.717, 1.165) is 5.56 Å². The first-order valence-electron chi connectivity index (χ1n) is 7.83. The lowest BCUT2D eigenvalue weighted by atomic mass is 10.1. The van der Waals surface area contributed by atoms with Crippen molar-refractivity contribution in [3.05, 3.63) is 59.7 Å². The number of likely N-dealkylation sites (N-methyl/N-ethyl adjacent to an activating group) is 1. The van der Waals surface area contributed by atoms with Crippen LogP contribution in [0.4, 0.5) is 5.69 Å². The van der Waals surface area contributed by atoms with Gasteiger partial charge in [0.15, 0.2) is 0 Å². The molecule has 0 spiro atoms. The molecule has 2 amide bonds. The van der Waals surface area contributed by atoms with Gasteiger partial charge in [0.1, 0.15) is 5.75 Å². The highest BCUT2D eigenvalue weighted by Gasteiger charge is 2.12. The van der Waals surface area contributed by atoms with Gasteiger partial charge < -0.3 is 15.0 Å². The quantitative estimate of drug-likeness (QED) is 0.888. The standard InChI is InChI=1S/C19H22N2O3/c1-4-24-17-8-6-5-7-16(17)19(23)20-15-11-9-14(10-12-15)13-18(22)21(2)3/h5-12H,4,13H2,1-3H3,(H,20,23). The largest absolute Gasteiger partial charge is 0.493 e. The maximum atomic E-state index is 12.4. The molecule has 0 saturated carbocycles. The molecule has 126 valence electrons. The molecule has 2 rings (SSSR count). The van der Waals surface area contributed by atoms with Crippen molar-refractivity contribution >= 4 is 17.5 Å². The van der Waals surface area contributed by atoms with E-state index in [9.17, 15) is 9.59 Å². The molecule has 0 aliphatic carbocycles. The number of nitrogens with zero attached hydrogens (tertiary/aromatic N) is 1. The van der Waals surface area contributed by atoms with Crippen molar-refractivity contribution in [1.29, 1.82) is 0 Å². The van der Waals surface area contributed by atoms with Crippen LogP contribution in [0.5, 0.6) is 5.75 Å². The fourth-order valence-corrected chi connectivity index (χ4v) is 2.17. The number of rotatable bonds is 6. The molecule has 1 N–H and O–H groups in total. The van der Waals surface area contributed by atoms with Crippen LogP contribution in [0.15, 0.2) is 48.5 Å². The SMILES string of the molecule is CCOc1ccccc1C(=O)Nc1ccc(CC(=O)N(C)C)cc1. The molecule has 0 atom stereocenters. The monoisotopic (exact) mass is 326 g/mol. The molecule has 24 heavy (non-hydrogen) atoms. The van der Waals surface area contributed by atoms with Crippen LogP contribution in [0.3, 0.4) is 0 Å². The van der Waals surface area contributed by atoms with E-state index in [1.807, 2.05) is 25.1 Å². The summed E-state index contributed by atoms with van der Waals surface area (Å²) in [6, 6.07) is 14.4. The Labute approximate surface area is 142 Å². The van der Waals surface area contributed by atoms with E-state index in [0.29, 0.717) is 30.0 Å². The van der Waals surface area contributed by atoms with Crippen molar-refractivity contribution < 1.29 is 14.3 Å². The van der Waals surface area contributed by atoms with Gasteiger partial charge in [-0.05, 0) is 36.8 Å². The topological polar surface area (TPSA) is 58.6 Å². The molecule has 2 aromatic rings. The molecule has 0 unspecified atom stereocenters. The molecule has 2 aromatic carbocycles. The number of ether oxygens (including phenoxy) is 1. The van der Waals surface area contributed by atoms with Crippen LogP contribution in [-0.4, -0.2) is 37.4 Å². The average Bonchev–Trinajstić information content (AvgIpc) is 2.57. The maximum Gasteiger partial charge on any atom is 0.259 e. The second-order valence-corrected chi connectivity index (χ2v) is 5.55. The smallest absolute Gasteiger partial charge is 0.259 e. The summed E-state index contributed by atoms with van der Waals surface area (Å²) in [4.78, 5) is 25.7. The number of anilines is 1. The Morgan fingerprint density at radius 2 is 1.71 bits per heavy atom. The van der Waals surface area contributed by atoms with E-state index < -0.39 is 0 Å². The normalized spacial score (nSPS) is 10.1. The fourth-order valence-electron chi connectivity index (χ4n) is 2.17. The van der Waals surface area contributed by atoms with Gasteiger partial charge in [-0.25, -0.2) is 0 Å². The number of amides is 2. The number of carbonyl (C=O) groups is 2. The third kappa shape index (κ3) is 4.59. The molecule has 0 aromatic heterocycles. The molecule has 0 fully saturated rings. The molecule has 0 heterocycles. The highest BCUT2D eigenvalue weighted by atomic mass is 16.5. The number of hydrogen-bond donors (Lipinski definition) is 1. The van der Waals surface area contributed by atoms with Crippen molar-refractivity contribution in [2.24, 2.45) is 0 Å². The number of para-hydroxylation sites is 1. The molecular weight excluding hydrogens is 304 g/mol. The number of carbonyl (C=O) groups excluding carboxylic acids is 2. The molecule has 5 nitrogen and oxygen atoms in total. The highest BCUT2D eigenvalue weighted by molar-refractivity contribution is 6.06. The van der Waals surface area contributed by atoms with Gasteiger partial charge in [0, 0.05) is 19.8 Å². The van der Waals surface area contributed by atoms with Crippen LogP contribution in [-0.2, 0) is 11.2 Å². The van der Waals surface area contributed by atoms with Gasteiger partial charge in [0.05, 0.1) is 18.6 Å². The van der Waals surface area contributed by atoms with E-state index in [2.05, 4.69) is 5.32 Å². The predicted molar refractivity (Wildman–Crippen MR) is 94.4 cm³/mol. The first-order valence-corrected chi connectivity index (χ1v) is 7.83. The molecule has 0 radical (unpaired) electrons. The zero-order valence-corrected chi connectivity index (χ0v) is 14.2. The molecule has 0 saturated heterocycles. The van der Waals surface area contributed by atoms with Crippen molar-refractivity contribution in [3.63, 3.8) is 0 Å². The minimum atomic E-state index is -0.226. The van der Waals surface area contributed by atoms with Crippen molar-refractivity contribution in [1.82, 2.24) is 4.90 Å². The van der Waals surface area contributed by atoms with E-state index in [1.54, 1.807) is 49.3 Å². The van der Waals surface area contributed by atoms with Gasteiger partial charge in [0.2, 0.25) is 5.91 Å². The second kappa shape index (κ2) is 8.15. The average molecular weight is 326 g/mol. The minimum Gasteiger partial charge on any atom is -0.493 e. The third-order valence-corrected chi connectivity index (χ3v) is 3.50. The van der Waals surface area contributed by atoms with Gasteiger partial charge in [-0.15, -0.1) is 0 Å². The fraction of sp³-hybridized carbons (Fsp3) is 0.263. The number of nitrogens with one attached hydrogen (secondary N) is 1. The Kier molecular flexibility index (Phi) is 5.95. The van der Waals surface area contributed by atoms with Gasteiger partial charge in [-0.1, -0.05) is 24.3 Å². The van der Waals surface area contributed by atoms with Crippen molar-refractivity contribution in [3.8, 4) is 5.75 Å². The van der Waals surface area contributed by atoms with E-state index in [1.165, 1.54) is 0 Å². The summed E-state index contributed by atoms with van der Waals surface area (Å²) >= 11 is 0. The van der Waals surface area contributed by atoms with E-state index in [4.69, 9.17) is 4.74 Å². The van der Waals surface area contributed by atoms with Crippen LogP contribution in [0.25, 0.3) is 0 Å². The second-order valence-electron chi connectivity index (χ2n) is 5.55. The molecular formula is C19H22N2O3. The van der Waals surface area contributed by atoms with Crippen LogP contribution in [0, 0.1) is 0 Å². The van der Waals surface area contributed by atoms with Crippen LogP contribution < -0.4 is 10.1 Å². The molecule has 5 heteroatoms. The molecule has 0 bridgehead atoms. The van der Waals surface area contributed by atoms with Crippen molar-refractivity contribution in [2.45, 2.75) is 13.3 Å². The van der Waals surface area contributed by atoms with Crippen LogP contribution >= 0.6 is 0 Å². The number of hydrogen-bond acceptors (Lipinski definition) is 3. The van der Waals surface area contributed by atoms with Gasteiger partial charge in [-0.2, -0.15) is 0 Å². The Morgan fingerprint density at radius 3 is 2.33 bits per heavy atom. The summed E-state index contributed by atoms with van der Waals surface area (Å²) in [5.41, 5.74) is 2.07.